The van der Waals surface area contributed by atoms with Crippen LogP contribution in [-0.2, 0) is 4.74 Å². The summed E-state index contributed by atoms with van der Waals surface area (Å²) in [4.78, 5) is 0. The van der Waals surface area contributed by atoms with Gasteiger partial charge in [-0.1, -0.05) is 0 Å². The van der Waals surface area contributed by atoms with Crippen LogP contribution in [0.1, 0.15) is 6.42 Å². The van der Waals surface area contributed by atoms with Crippen LogP contribution >= 0.6 is 0 Å². The van der Waals surface area contributed by atoms with Gasteiger partial charge in [0.15, 0.2) is 5.41 Å². The minimum Gasteiger partial charge on any atom is -0.379 e. The maximum absolute atomic E-state index is 12.9. The van der Waals surface area contributed by atoms with Crippen molar-refractivity contribution in [2.75, 3.05) is 7.11 Å². The second-order valence-corrected chi connectivity index (χ2v) is 3.86. The summed E-state index contributed by atoms with van der Waals surface area (Å²) in [5, 5.41) is 17.1. The summed E-state index contributed by atoms with van der Waals surface area (Å²) in [6.07, 6.45) is -14.2. The van der Waals surface area contributed by atoms with Gasteiger partial charge in [0, 0.05) is 13.5 Å². The maximum atomic E-state index is 12.9. The number of rotatable bonds is 1. The molecule has 0 bridgehead atoms. The zero-order valence-corrected chi connectivity index (χ0v) is 8.85. The predicted octanol–water partition coefficient (Wildman–Crippen LogP) is 2.55. The van der Waals surface area contributed by atoms with Crippen molar-refractivity contribution in [3.63, 3.8) is 0 Å². The fourth-order valence-corrected chi connectivity index (χ4v) is 2.19. The van der Waals surface area contributed by atoms with Crippen LogP contribution < -0.4 is 0 Å². The van der Waals surface area contributed by atoms with Gasteiger partial charge in [0.25, 0.3) is 0 Å². The molecule has 1 aliphatic rings. The Kier molecular flexibility index (Phi) is 3.04. The normalized spacial score (nSPS) is 36.4. The largest absolute Gasteiger partial charge is 0.411 e. The van der Waals surface area contributed by atoms with E-state index in [0.717, 1.165) is 7.11 Å². The summed E-state index contributed by atoms with van der Waals surface area (Å²) in [6, 6.07) is 1.23. The van der Waals surface area contributed by atoms with Crippen molar-refractivity contribution in [1.29, 1.82) is 10.5 Å². The Hall–Kier alpha value is -1.48. The molecule has 0 radical (unpaired) electrons. The van der Waals surface area contributed by atoms with E-state index in [9.17, 15) is 26.3 Å². The van der Waals surface area contributed by atoms with Gasteiger partial charge in [0.1, 0.15) is 0 Å². The highest BCUT2D eigenvalue weighted by Gasteiger charge is 2.87. The van der Waals surface area contributed by atoms with Gasteiger partial charge in [-0.05, 0) is 0 Å². The third kappa shape index (κ3) is 1.34. The summed E-state index contributed by atoms with van der Waals surface area (Å²) in [5.41, 5.74) is -7.67. The van der Waals surface area contributed by atoms with Gasteiger partial charge in [0.2, 0.25) is 5.41 Å². The van der Waals surface area contributed by atoms with Crippen LogP contribution in [0.15, 0.2) is 0 Å². The zero-order chi connectivity index (χ0) is 14.4. The van der Waals surface area contributed by atoms with E-state index < -0.39 is 35.7 Å². The smallest absolute Gasteiger partial charge is 0.379 e. The van der Waals surface area contributed by atoms with Gasteiger partial charge < -0.3 is 4.74 Å². The fourth-order valence-electron chi connectivity index (χ4n) is 2.19. The molecule has 3 nitrogen and oxygen atoms in total. The van der Waals surface area contributed by atoms with E-state index in [2.05, 4.69) is 4.74 Å². The molecule has 1 rings (SSSR count). The van der Waals surface area contributed by atoms with Crippen LogP contribution in [0, 0.1) is 33.5 Å². The molecule has 100 valence electrons. The van der Waals surface area contributed by atoms with Crippen LogP contribution in [0.3, 0.4) is 0 Å². The first-order valence-electron chi connectivity index (χ1n) is 4.53. The molecule has 1 aliphatic carbocycles. The van der Waals surface area contributed by atoms with E-state index in [1.165, 1.54) is 0 Å². The van der Waals surface area contributed by atoms with E-state index in [1.807, 2.05) is 0 Å². The van der Waals surface area contributed by atoms with E-state index in [1.54, 1.807) is 0 Å². The van der Waals surface area contributed by atoms with Gasteiger partial charge >= 0.3 is 12.4 Å². The average molecular weight is 272 g/mol. The van der Waals surface area contributed by atoms with Crippen molar-refractivity contribution in [2.45, 2.75) is 24.9 Å². The van der Waals surface area contributed by atoms with Crippen LogP contribution in [-0.4, -0.2) is 25.6 Å². The molecule has 1 saturated carbocycles. The molecule has 0 unspecified atom stereocenters. The third-order valence-electron chi connectivity index (χ3n) is 3.23. The predicted molar refractivity (Wildman–Crippen MR) is 43.6 cm³/mol. The van der Waals surface area contributed by atoms with Gasteiger partial charge in [-0.15, -0.1) is 0 Å². The number of alkyl halides is 6. The average Bonchev–Trinajstić information content (AvgIpc) is 2.14. The van der Waals surface area contributed by atoms with Crippen molar-refractivity contribution in [3.05, 3.63) is 0 Å². The SMILES string of the molecule is CO[C@@H]1C[C@](C#N)(C(F)(F)F)[C@@]1(C#N)C(F)(F)F. The molecule has 0 aromatic heterocycles. The second-order valence-electron chi connectivity index (χ2n) is 3.86. The Labute approximate surface area is 97.5 Å². The lowest BCUT2D eigenvalue weighted by Gasteiger charge is -2.55. The lowest BCUT2D eigenvalue weighted by molar-refractivity contribution is -0.378. The third-order valence-corrected chi connectivity index (χ3v) is 3.23. The Balaban J connectivity index is 3.52. The molecular weight excluding hydrogens is 266 g/mol. The molecule has 18 heavy (non-hydrogen) atoms. The summed E-state index contributed by atoms with van der Waals surface area (Å²) in [5.74, 6) is 0. The lowest BCUT2D eigenvalue weighted by atomic mass is 9.47. The molecule has 9 heteroatoms. The molecule has 0 spiro atoms. The number of halogens is 6. The first-order chi connectivity index (χ1) is 8.04. The van der Waals surface area contributed by atoms with Crippen molar-refractivity contribution in [1.82, 2.24) is 0 Å². The topological polar surface area (TPSA) is 56.8 Å². The minimum absolute atomic E-state index is 0.612. The number of nitriles is 2. The lowest BCUT2D eigenvalue weighted by Crippen LogP contribution is -2.72. The number of hydrogen-bond acceptors (Lipinski definition) is 3. The molecule has 0 saturated heterocycles. The summed E-state index contributed by atoms with van der Waals surface area (Å²) >= 11 is 0. The van der Waals surface area contributed by atoms with Crippen LogP contribution in [0.25, 0.3) is 0 Å². The monoisotopic (exact) mass is 272 g/mol. The van der Waals surface area contributed by atoms with Crippen LogP contribution in [0.2, 0.25) is 0 Å². The summed E-state index contributed by atoms with van der Waals surface area (Å²) in [6.45, 7) is 0. The van der Waals surface area contributed by atoms with E-state index in [-0.39, 0.29) is 0 Å². The van der Waals surface area contributed by atoms with Crippen LogP contribution in [0.4, 0.5) is 26.3 Å². The number of nitrogens with zero attached hydrogens (tertiary/aromatic N) is 2. The highest BCUT2D eigenvalue weighted by molar-refractivity contribution is 5.34. The standard InChI is InChI=1S/C9H6F6N2O/c1-18-5-2-6(3-16,8(10,11)12)7(5,4-17)9(13,14)15/h5H,2H2,1H3/t5-,6-,7+/m1/s1. The molecule has 0 aromatic carbocycles. The van der Waals surface area contributed by atoms with Crippen LogP contribution in [0.5, 0.6) is 0 Å². The highest BCUT2D eigenvalue weighted by atomic mass is 19.4. The van der Waals surface area contributed by atoms with Gasteiger partial charge in [-0.2, -0.15) is 36.9 Å². The van der Waals surface area contributed by atoms with E-state index in [0.29, 0.717) is 12.1 Å². The van der Waals surface area contributed by atoms with Gasteiger partial charge in [0.05, 0.1) is 18.2 Å². The maximum Gasteiger partial charge on any atom is 0.411 e. The quantitative estimate of drug-likeness (QED) is 0.689. The number of methoxy groups -OCH3 is 1. The Bertz CT molecular complexity index is 430. The van der Waals surface area contributed by atoms with Gasteiger partial charge in [-0.25, -0.2) is 0 Å². The number of hydrogen-bond donors (Lipinski definition) is 0. The minimum atomic E-state index is -5.52. The summed E-state index contributed by atoms with van der Waals surface area (Å²) < 4.78 is 81.1. The van der Waals surface area contributed by atoms with Crippen molar-refractivity contribution in [3.8, 4) is 12.1 Å². The van der Waals surface area contributed by atoms with E-state index in [4.69, 9.17) is 10.5 Å². The summed E-state index contributed by atoms with van der Waals surface area (Å²) in [7, 11) is 0.764. The molecular formula is C9H6F6N2O. The second kappa shape index (κ2) is 3.75. The molecule has 0 N–H and O–H groups in total. The van der Waals surface area contributed by atoms with Crippen molar-refractivity contribution < 1.29 is 31.1 Å². The van der Waals surface area contributed by atoms with E-state index >= 15 is 0 Å². The number of ether oxygens (including phenoxy) is 1. The molecule has 0 aromatic rings. The highest BCUT2D eigenvalue weighted by Crippen LogP contribution is 2.70. The Morgan fingerprint density at radius 1 is 1.06 bits per heavy atom. The fraction of sp³-hybridized carbons (Fsp3) is 0.778. The Morgan fingerprint density at radius 2 is 1.56 bits per heavy atom. The molecule has 1 fully saturated rings. The zero-order valence-electron chi connectivity index (χ0n) is 8.85. The molecule has 0 heterocycles. The first kappa shape index (κ1) is 14.6. The van der Waals surface area contributed by atoms with Crippen molar-refractivity contribution >= 4 is 0 Å². The Morgan fingerprint density at radius 3 is 1.78 bits per heavy atom. The van der Waals surface area contributed by atoms with Gasteiger partial charge in [-0.3, -0.25) is 0 Å². The molecule has 0 amide bonds. The van der Waals surface area contributed by atoms with Crippen molar-refractivity contribution in [2.24, 2.45) is 10.8 Å². The molecule has 0 aliphatic heterocycles. The first-order valence-corrected chi connectivity index (χ1v) is 4.53. The molecule has 3 atom stereocenters.